The molecule has 2 nitrogen and oxygen atoms in total. The van der Waals surface area contributed by atoms with Gasteiger partial charge in [-0.3, -0.25) is 0 Å². The molecule has 20 heavy (non-hydrogen) atoms. The average molecular weight is 284 g/mol. The summed E-state index contributed by atoms with van der Waals surface area (Å²) in [6.45, 7) is 2.07. The number of benzene rings is 2. The summed E-state index contributed by atoms with van der Waals surface area (Å²) in [5.41, 5.74) is 2.06. The Balaban J connectivity index is 1.69. The fourth-order valence-corrected chi connectivity index (χ4v) is 2.90. The fraction of sp³-hybridized carbons (Fsp3) is 0.176. The van der Waals surface area contributed by atoms with Gasteiger partial charge in [0, 0.05) is 16.0 Å². The van der Waals surface area contributed by atoms with Crippen LogP contribution in [0.25, 0.3) is 11.0 Å². The molecule has 3 aromatic rings. The van der Waals surface area contributed by atoms with Crippen LogP contribution in [0.4, 0.5) is 0 Å². The minimum absolute atomic E-state index is 0.586. The van der Waals surface area contributed by atoms with Crippen molar-refractivity contribution in [3.63, 3.8) is 0 Å². The lowest BCUT2D eigenvalue weighted by Gasteiger charge is -2.07. The summed E-state index contributed by atoms with van der Waals surface area (Å²) < 4.78 is 5.67. The molecule has 1 atom stereocenters. The van der Waals surface area contributed by atoms with Crippen molar-refractivity contribution in [2.45, 2.75) is 17.9 Å². The second-order valence-electron chi connectivity index (χ2n) is 4.83. The van der Waals surface area contributed by atoms with Crippen LogP contribution in [-0.2, 0) is 0 Å². The first-order chi connectivity index (χ1) is 9.72. The molecule has 0 aliphatic heterocycles. The summed E-state index contributed by atoms with van der Waals surface area (Å²) >= 11 is 1.63. The minimum Gasteiger partial charge on any atom is -0.458 e. The summed E-state index contributed by atoms with van der Waals surface area (Å²) in [6.07, 6.45) is -0.589. The predicted octanol–water partition coefficient (Wildman–Crippen LogP) is 4.57. The highest BCUT2D eigenvalue weighted by Gasteiger charge is 2.13. The van der Waals surface area contributed by atoms with E-state index in [1.165, 1.54) is 5.56 Å². The zero-order valence-electron chi connectivity index (χ0n) is 11.2. The van der Waals surface area contributed by atoms with E-state index in [0.717, 1.165) is 15.9 Å². The molecule has 1 N–H and O–H groups in total. The van der Waals surface area contributed by atoms with Gasteiger partial charge in [0.15, 0.2) is 0 Å². The largest absolute Gasteiger partial charge is 0.458 e. The molecular formula is C17H16O2S. The monoisotopic (exact) mass is 284 g/mol. The molecule has 102 valence electrons. The predicted molar refractivity (Wildman–Crippen MR) is 83.1 cm³/mol. The Morgan fingerprint density at radius 2 is 1.85 bits per heavy atom. The molecule has 3 rings (SSSR count). The Labute approximate surface area is 122 Å². The first-order valence-corrected chi connectivity index (χ1v) is 7.57. The van der Waals surface area contributed by atoms with Crippen LogP contribution in [0.2, 0.25) is 0 Å². The van der Waals surface area contributed by atoms with E-state index in [1.807, 2.05) is 30.3 Å². The average Bonchev–Trinajstić information content (AvgIpc) is 2.90. The third-order valence-electron chi connectivity index (χ3n) is 3.20. The number of aryl methyl sites for hydroxylation is 1. The maximum Gasteiger partial charge on any atom is 0.134 e. The van der Waals surface area contributed by atoms with E-state index in [1.54, 1.807) is 11.8 Å². The number of hydrogen-bond acceptors (Lipinski definition) is 3. The van der Waals surface area contributed by atoms with Crippen LogP contribution in [0.1, 0.15) is 17.4 Å². The molecule has 0 spiro atoms. The number of aliphatic hydroxyl groups is 1. The number of fused-ring (bicyclic) bond motifs is 1. The molecule has 0 bridgehead atoms. The van der Waals surface area contributed by atoms with Gasteiger partial charge in [0.05, 0.1) is 0 Å². The van der Waals surface area contributed by atoms with Crippen molar-refractivity contribution in [1.82, 2.24) is 0 Å². The highest BCUT2D eigenvalue weighted by Crippen LogP contribution is 2.28. The number of furan rings is 1. The zero-order chi connectivity index (χ0) is 13.9. The minimum atomic E-state index is -0.589. The molecule has 0 radical (unpaired) electrons. The van der Waals surface area contributed by atoms with Gasteiger partial charge in [-0.25, -0.2) is 0 Å². The van der Waals surface area contributed by atoms with Crippen LogP contribution >= 0.6 is 11.8 Å². The summed E-state index contributed by atoms with van der Waals surface area (Å²) in [5.74, 6) is 1.22. The zero-order valence-corrected chi connectivity index (χ0v) is 12.1. The molecule has 0 saturated carbocycles. The van der Waals surface area contributed by atoms with Crippen LogP contribution in [0.5, 0.6) is 0 Å². The van der Waals surface area contributed by atoms with E-state index in [9.17, 15) is 5.11 Å². The quantitative estimate of drug-likeness (QED) is 0.713. The molecule has 0 aliphatic rings. The molecule has 1 unspecified atom stereocenters. The van der Waals surface area contributed by atoms with Gasteiger partial charge in [-0.05, 0) is 31.2 Å². The number of thioether (sulfide) groups is 1. The Kier molecular flexibility index (Phi) is 3.81. The Hall–Kier alpha value is -1.71. The van der Waals surface area contributed by atoms with Crippen molar-refractivity contribution in [2.75, 3.05) is 5.75 Å². The molecule has 2 aromatic carbocycles. The molecule has 3 heteroatoms. The highest BCUT2D eigenvalue weighted by molar-refractivity contribution is 7.99. The van der Waals surface area contributed by atoms with E-state index in [4.69, 9.17) is 4.42 Å². The molecular weight excluding hydrogens is 268 g/mol. The summed E-state index contributed by atoms with van der Waals surface area (Å²) in [6, 6.07) is 18.0. The Morgan fingerprint density at radius 1 is 1.10 bits per heavy atom. The first kappa shape index (κ1) is 13.3. The second kappa shape index (κ2) is 5.73. The molecule has 0 aliphatic carbocycles. The highest BCUT2D eigenvalue weighted by atomic mass is 32.2. The fourth-order valence-electron chi connectivity index (χ4n) is 2.06. The lowest BCUT2D eigenvalue weighted by molar-refractivity contribution is 0.177. The van der Waals surface area contributed by atoms with Crippen molar-refractivity contribution in [3.05, 3.63) is 65.9 Å². The van der Waals surface area contributed by atoms with Gasteiger partial charge in [-0.15, -0.1) is 11.8 Å². The van der Waals surface area contributed by atoms with Gasteiger partial charge in [-0.1, -0.05) is 35.9 Å². The Bertz CT molecular complexity index is 667. The van der Waals surface area contributed by atoms with Gasteiger partial charge >= 0.3 is 0 Å². The summed E-state index contributed by atoms with van der Waals surface area (Å²) in [7, 11) is 0. The van der Waals surface area contributed by atoms with E-state index in [0.29, 0.717) is 11.5 Å². The number of aliphatic hydroxyl groups excluding tert-OH is 1. The lowest BCUT2D eigenvalue weighted by atomic mass is 10.2. The van der Waals surface area contributed by atoms with Gasteiger partial charge in [0.1, 0.15) is 17.4 Å². The van der Waals surface area contributed by atoms with Gasteiger partial charge < -0.3 is 9.52 Å². The molecule has 0 saturated heterocycles. The van der Waals surface area contributed by atoms with E-state index >= 15 is 0 Å². The van der Waals surface area contributed by atoms with Crippen LogP contribution in [0.3, 0.4) is 0 Å². The van der Waals surface area contributed by atoms with Crippen LogP contribution in [0.15, 0.2) is 63.9 Å². The first-order valence-electron chi connectivity index (χ1n) is 6.58. The second-order valence-corrected chi connectivity index (χ2v) is 5.92. The van der Waals surface area contributed by atoms with Crippen molar-refractivity contribution in [1.29, 1.82) is 0 Å². The lowest BCUT2D eigenvalue weighted by Crippen LogP contribution is -1.98. The van der Waals surface area contributed by atoms with Crippen LogP contribution < -0.4 is 0 Å². The SMILES string of the molecule is Cc1ccc(SCC(O)c2cc3ccccc3o2)cc1. The number of para-hydroxylation sites is 1. The van der Waals surface area contributed by atoms with E-state index in [2.05, 4.69) is 31.2 Å². The molecule has 0 fully saturated rings. The van der Waals surface area contributed by atoms with Gasteiger partial charge in [-0.2, -0.15) is 0 Å². The van der Waals surface area contributed by atoms with Gasteiger partial charge in [0.25, 0.3) is 0 Å². The summed E-state index contributed by atoms with van der Waals surface area (Å²) in [4.78, 5) is 1.16. The van der Waals surface area contributed by atoms with E-state index in [-0.39, 0.29) is 0 Å². The topological polar surface area (TPSA) is 33.4 Å². The summed E-state index contributed by atoms with van der Waals surface area (Å²) in [5, 5.41) is 11.3. The standard InChI is InChI=1S/C17H16O2S/c1-12-6-8-14(9-7-12)20-11-15(18)17-10-13-4-2-3-5-16(13)19-17/h2-10,15,18H,11H2,1H3. The van der Waals surface area contributed by atoms with Crippen molar-refractivity contribution < 1.29 is 9.52 Å². The molecule has 1 aromatic heterocycles. The van der Waals surface area contributed by atoms with Gasteiger partial charge in [0.2, 0.25) is 0 Å². The maximum absolute atomic E-state index is 10.2. The third kappa shape index (κ3) is 2.89. The van der Waals surface area contributed by atoms with Crippen LogP contribution in [-0.4, -0.2) is 10.9 Å². The van der Waals surface area contributed by atoms with Crippen molar-refractivity contribution in [3.8, 4) is 0 Å². The van der Waals surface area contributed by atoms with Crippen molar-refractivity contribution in [2.24, 2.45) is 0 Å². The van der Waals surface area contributed by atoms with Crippen LogP contribution in [0, 0.1) is 6.92 Å². The van der Waals surface area contributed by atoms with Crippen molar-refractivity contribution >= 4 is 22.7 Å². The maximum atomic E-state index is 10.2. The number of rotatable bonds is 4. The molecule has 1 heterocycles. The normalized spacial score (nSPS) is 12.7. The Morgan fingerprint density at radius 3 is 2.60 bits per heavy atom. The molecule has 0 amide bonds. The smallest absolute Gasteiger partial charge is 0.134 e. The third-order valence-corrected chi connectivity index (χ3v) is 4.29. The van der Waals surface area contributed by atoms with E-state index < -0.39 is 6.10 Å². The number of hydrogen-bond donors (Lipinski definition) is 1.